The highest BCUT2D eigenvalue weighted by molar-refractivity contribution is 7.99. The number of nitrogens with zero attached hydrogens (tertiary/aromatic N) is 3. The van der Waals surface area contributed by atoms with Crippen molar-refractivity contribution in [3.8, 4) is 6.01 Å². The van der Waals surface area contributed by atoms with E-state index in [0.717, 1.165) is 4.90 Å². The molecule has 0 amide bonds. The molecule has 4 nitrogen and oxygen atoms in total. The fraction of sp³-hybridized carbons (Fsp3) is 0.100. The van der Waals surface area contributed by atoms with Crippen molar-refractivity contribution in [2.75, 3.05) is 7.11 Å². The molecule has 7 heteroatoms. The molecule has 0 aliphatic heterocycles. The minimum absolute atomic E-state index is 0.0893. The molecule has 2 rings (SSSR count). The lowest BCUT2D eigenvalue weighted by Gasteiger charge is -2.03. The number of rotatable bonds is 3. The first-order chi connectivity index (χ1) is 8.19. The third-order valence-corrected chi connectivity index (χ3v) is 3.34. The molecule has 0 aliphatic rings. The molecule has 0 saturated carbocycles. The molecular formula is C10H7Cl2N3OS. The minimum Gasteiger partial charge on any atom is -0.467 e. The van der Waals surface area contributed by atoms with Gasteiger partial charge in [-0.2, -0.15) is 15.0 Å². The Labute approximate surface area is 112 Å². The van der Waals surface area contributed by atoms with E-state index >= 15 is 0 Å². The topological polar surface area (TPSA) is 47.9 Å². The van der Waals surface area contributed by atoms with Crippen LogP contribution in [0.25, 0.3) is 0 Å². The predicted molar refractivity (Wildman–Crippen MR) is 67.0 cm³/mol. The highest BCUT2D eigenvalue weighted by Gasteiger charge is 2.08. The second-order valence-corrected chi connectivity index (χ2v) is 4.66. The first-order valence-corrected chi connectivity index (χ1v) is 6.14. The van der Waals surface area contributed by atoms with E-state index in [-0.39, 0.29) is 11.3 Å². The molecule has 88 valence electrons. The Bertz CT molecular complexity index is 539. The summed E-state index contributed by atoms with van der Waals surface area (Å²) < 4.78 is 4.91. The van der Waals surface area contributed by atoms with E-state index < -0.39 is 0 Å². The number of halogens is 2. The van der Waals surface area contributed by atoms with Gasteiger partial charge in [0.05, 0.1) is 12.1 Å². The molecule has 0 bridgehead atoms. The monoisotopic (exact) mass is 287 g/mol. The largest absolute Gasteiger partial charge is 0.467 e. The Morgan fingerprint density at radius 3 is 2.59 bits per heavy atom. The van der Waals surface area contributed by atoms with Crippen molar-refractivity contribution in [3.05, 3.63) is 34.6 Å². The Morgan fingerprint density at radius 2 is 1.88 bits per heavy atom. The maximum atomic E-state index is 6.03. The van der Waals surface area contributed by atoms with Crippen molar-refractivity contribution in [1.82, 2.24) is 15.0 Å². The summed E-state index contributed by atoms with van der Waals surface area (Å²) in [7, 11) is 1.47. The van der Waals surface area contributed by atoms with Crippen LogP contribution in [-0.2, 0) is 0 Å². The lowest BCUT2D eigenvalue weighted by molar-refractivity contribution is 0.373. The second kappa shape index (κ2) is 5.53. The van der Waals surface area contributed by atoms with Crippen LogP contribution in [0.5, 0.6) is 6.01 Å². The number of hydrogen-bond donors (Lipinski definition) is 0. The van der Waals surface area contributed by atoms with Crippen molar-refractivity contribution in [3.63, 3.8) is 0 Å². The van der Waals surface area contributed by atoms with Crippen LogP contribution in [0, 0.1) is 0 Å². The summed E-state index contributed by atoms with van der Waals surface area (Å²) in [5.74, 6) is 0. The molecule has 2 aromatic rings. The van der Waals surface area contributed by atoms with Gasteiger partial charge < -0.3 is 4.74 Å². The molecule has 0 spiro atoms. The quantitative estimate of drug-likeness (QED) is 0.867. The average molecular weight is 288 g/mol. The van der Waals surface area contributed by atoms with Crippen LogP contribution in [0.4, 0.5) is 0 Å². The lowest BCUT2D eigenvalue weighted by atomic mass is 10.4. The standard InChI is InChI=1S/C10H7Cl2N3OS/c1-16-9-13-8(12)14-10(15-9)17-7-5-3-2-4-6(7)11/h2-5H,1H3. The summed E-state index contributed by atoms with van der Waals surface area (Å²) >= 11 is 13.1. The van der Waals surface area contributed by atoms with Gasteiger partial charge in [0.15, 0.2) is 5.16 Å². The van der Waals surface area contributed by atoms with Crippen LogP contribution in [0.15, 0.2) is 34.3 Å². The number of ether oxygens (including phenoxy) is 1. The average Bonchev–Trinajstić information content (AvgIpc) is 2.31. The van der Waals surface area contributed by atoms with Crippen LogP contribution >= 0.6 is 35.0 Å². The molecule has 0 N–H and O–H groups in total. The van der Waals surface area contributed by atoms with Gasteiger partial charge in [-0.3, -0.25) is 0 Å². The summed E-state index contributed by atoms with van der Waals surface area (Å²) in [5.41, 5.74) is 0. The first kappa shape index (κ1) is 12.4. The maximum Gasteiger partial charge on any atom is 0.321 e. The second-order valence-electron chi connectivity index (χ2n) is 2.91. The zero-order chi connectivity index (χ0) is 12.3. The highest BCUT2D eigenvalue weighted by atomic mass is 35.5. The number of methoxy groups -OCH3 is 1. The van der Waals surface area contributed by atoms with E-state index in [1.165, 1.54) is 18.9 Å². The fourth-order valence-corrected chi connectivity index (χ4v) is 2.30. The molecular weight excluding hydrogens is 281 g/mol. The van der Waals surface area contributed by atoms with E-state index in [2.05, 4.69) is 15.0 Å². The molecule has 0 saturated heterocycles. The van der Waals surface area contributed by atoms with Gasteiger partial charge in [0.1, 0.15) is 0 Å². The van der Waals surface area contributed by atoms with Gasteiger partial charge in [0.2, 0.25) is 5.28 Å². The molecule has 0 fully saturated rings. The van der Waals surface area contributed by atoms with E-state index in [4.69, 9.17) is 27.9 Å². The summed E-state index contributed by atoms with van der Waals surface area (Å²) in [5, 5.41) is 1.16. The van der Waals surface area contributed by atoms with Crippen molar-refractivity contribution in [2.45, 2.75) is 10.1 Å². The molecule has 1 heterocycles. The third-order valence-electron chi connectivity index (χ3n) is 1.79. The van der Waals surface area contributed by atoms with Gasteiger partial charge in [-0.1, -0.05) is 23.7 Å². The molecule has 1 aromatic heterocycles. The van der Waals surface area contributed by atoms with Crippen molar-refractivity contribution in [2.24, 2.45) is 0 Å². The molecule has 0 unspecified atom stereocenters. The number of hydrogen-bond acceptors (Lipinski definition) is 5. The van der Waals surface area contributed by atoms with Crippen LogP contribution < -0.4 is 4.74 Å². The van der Waals surface area contributed by atoms with E-state index in [1.54, 1.807) is 6.07 Å². The number of aromatic nitrogens is 3. The summed E-state index contributed by atoms with van der Waals surface area (Å²) in [6.07, 6.45) is 0. The van der Waals surface area contributed by atoms with Gasteiger partial charge in [0.25, 0.3) is 0 Å². The van der Waals surface area contributed by atoms with E-state index in [1.807, 2.05) is 18.2 Å². The summed E-state index contributed by atoms with van der Waals surface area (Å²) in [6, 6.07) is 7.59. The van der Waals surface area contributed by atoms with Crippen molar-refractivity contribution >= 4 is 35.0 Å². The Balaban J connectivity index is 2.30. The first-order valence-electron chi connectivity index (χ1n) is 4.57. The zero-order valence-corrected chi connectivity index (χ0v) is 11.1. The Morgan fingerprint density at radius 1 is 1.12 bits per heavy atom. The van der Waals surface area contributed by atoms with Gasteiger partial charge in [0, 0.05) is 4.90 Å². The van der Waals surface area contributed by atoms with Crippen LogP contribution in [0.2, 0.25) is 10.3 Å². The lowest BCUT2D eigenvalue weighted by Crippen LogP contribution is -1.96. The maximum absolute atomic E-state index is 6.03. The normalized spacial score (nSPS) is 10.3. The predicted octanol–water partition coefficient (Wildman–Crippen LogP) is 3.34. The SMILES string of the molecule is COc1nc(Cl)nc(Sc2ccccc2Cl)n1. The summed E-state index contributed by atoms with van der Waals surface area (Å²) in [6.45, 7) is 0. The molecule has 0 atom stereocenters. The van der Waals surface area contributed by atoms with Crippen LogP contribution in [0.1, 0.15) is 0 Å². The van der Waals surface area contributed by atoms with Crippen molar-refractivity contribution < 1.29 is 4.74 Å². The molecule has 1 aromatic carbocycles. The van der Waals surface area contributed by atoms with E-state index in [9.17, 15) is 0 Å². The van der Waals surface area contributed by atoms with Crippen molar-refractivity contribution in [1.29, 1.82) is 0 Å². The van der Waals surface area contributed by atoms with Crippen LogP contribution in [0.3, 0.4) is 0 Å². The van der Waals surface area contributed by atoms with Gasteiger partial charge in [-0.25, -0.2) is 0 Å². The third kappa shape index (κ3) is 3.21. The zero-order valence-electron chi connectivity index (χ0n) is 8.72. The number of benzene rings is 1. The summed E-state index contributed by atoms with van der Waals surface area (Å²) in [4.78, 5) is 12.7. The minimum atomic E-state index is 0.0893. The highest BCUT2D eigenvalue weighted by Crippen LogP contribution is 2.31. The van der Waals surface area contributed by atoms with Crippen LogP contribution in [-0.4, -0.2) is 22.1 Å². The molecule has 0 radical (unpaired) electrons. The fourth-order valence-electron chi connectivity index (χ4n) is 1.08. The molecule has 17 heavy (non-hydrogen) atoms. The Kier molecular flexibility index (Phi) is 4.04. The van der Waals surface area contributed by atoms with Gasteiger partial charge >= 0.3 is 6.01 Å². The van der Waals surface area contributed by atoms with Gasteiger partial charge in [-0.05, 0) is 35.5 Å². The van der Waals surface area contributed by atoms with E-state index in [0.29, 0.717) is 10.2 Å². The Hall–Kier alpha value is -1.04. The van der Waals surface area contributed by atoms with Gasteiger partial charge in [-0.15, -0.1) is 0 Å². The molecule has 0 aliphatic carbocycles. The smallest absolute Gasteiger partial charge is 0.321 e.